The number of carbonyl (C=O) groups is 2. The Balaban J connectivity index is 1.41. The maximum atomic E-state index is 12.6. The van der Waals surface area contributed by atoms with Crippen molar-refractivity contribution in [3.05, 3.63) is 82.7 Å². The van der Waals surface area contributed by atoms with Crippen molar-refractivity contribution in [3.8, 4) is 0 Å². The van der Waals surface area contributed by atoms with Crippen LogP contribution in [0.1, 0.15) is 11.1 Å². The largest absolute Gasteiger partial charge is 0.431 e. The molecule has 0 unspecified atom stereocenters. The lowest BCUT2D eigenvalue weighted by atomic mass is 10.2. The zero-order chi connectivity index (χ0) is 20.2. The number of amides is 3. The van der Waals surface area contributed by atoms with E-state index in [9.17, 15) is 9.59 Å². The SMILES string of the molecule is O=C(NCc1ccccc1)C1=COC2=NC(=O)N(Cc3cccc(Cl)c3)CCN12. The predicted octanol–water partition coefficient (Wildman–Crippen LogP) is 3.12. The van der Waals surface area contributed by atoms with E-state index < -0.39 is 6.03 Å². The van der Waals surface area contributed by atoms with Crippen molar-refractivity contribution in [2.24, 2.45) is 4.99 Å². The van der Waals surface area contributed by atoms with Crippen molar-refractivity contribution in [2.45, 2.75) is 13.1 Å². The van der Waals surface area contributed by atoms with Gasteiger partial charge in [-0.05, 0) is 23.3 Å². The van der Waals surface area contributed by atoms with Crippen molar-refractivity contribution in [1.29, 1.82) is 0 Å². The van der Waals surface area contributed by atoms with Gasteiger partial charge in [0.2, 0.25) is 0 Å². The lowest BCUT2D eigenvalue weighted by Gasteiger charge is -2.21. The van der Waals surface area contributed by atoms with Crippen LogP contribution in [0.2, 0.25) is 5.02 Å². The standard InChI is InChI=1S/C21H19ClN4O3/c22-17-8-4-7-16(11-17)13-25-9-10-26-18(14-29-21(26)24-20(25)28)19(27)23-12-15-5-2-1-3-6-15/h1-8,11,14H,9-10,12-13H2,(H,23,27). The van der Waals surface area contributed by atoms with E-state index >= 15 is 0 Å². The first-order valence-corrected chi connectivity index (χ1v) is 9.56. The van der Waals surface area contributed by atoms with Crippen LogP contribution < -0.4 is 5.32 Å². The number of fused-ring (bicyclic) bond motifs is 1. The molecule has 0 saturated carbocycles. The van der Waals surface area contributed by atoms with Gasteiger partial charge in [-0.2, -0.15) is 0 Å². The maximum Gasteiger partial charge on any atom is 0.348 e. The normalized spacial score (nSPS) is 15.8. The van der Waals surface area contributed by atoms with Crippen LogP contribution in [0.4, 0.5) is 4.79 Å². The molecule has 0 radical (unpaired) electrons. The molecule has 0 aliphatic carbocycles. The number of rotatable bonds is 5. The Morgan fingerprint density at radius 2 is 1.90 bits per heavy atom. The number of halogens is 1. The Bertz CT molecular complexity index is 990. The molecule has 7 nitrogen and oxygen atoms in total. The maximum absolute atomic E-state index is 12.6. The summed E-state index contributed by atoms with van der Waals surface area (Å²) in [5.74, 6) is -0.283. The van der Waals surface area contributed by atoms with Gasteiger partial charge < -0.3 is 15.0 Å². The summed E-state index contributed by atoms with van der Waals surface area (Å²) in [6.07, 6.45) is 1.33. The Morgan fingerprint density at radius 3 is 2.69 bits per heavy atom. The second kappa shape index (κ2) is 8.36. The summed E-state index contributed by atoms with van der Waals surface area (Å²) in [5.41, 5.74) is 2.23. The van der Waals surface area contributed by atoms with E-state index in [0.717, 1.165) is 11.1 Å². The highest BCUT2D eigenvalue weighted by Gasteiger charge is 2.33. The Kier molecular flexibility index (Phi) is 5.48. The lowest BCUT2D eigenvalue weighted by Crippen LogP contribution is -2.38. The van der Waals surface area contributed by atoms with Gasteiger partial charge in [0.05, 0.1) is 0 Å². The number of benzene rings is 2. The first-order valence-electron chi connectivity index (χ1n) is 9.19. The van der Waals surface area contributed by atoms with Crippen LogP contribution in [0.5, 0.6) is 0 Å². The van der Waals surface area contributed by atoms with E-state index in [4.69, 9.17) is 16.3 Å². The van der Waals surface area contributed by atoms with Crippen LogP contribution in [0.15, 0.2) is 71.5 Å². The molecule has 2 aromatic rings. The molecule has 2 aliphatic heterocycles. The summed E-state index contributed by atoms with van der Waals surface area (Å²) in [5, 5.41) is 3.48. The molecule has 148 valence electrons. The molecule has 0 bridgehead atoms. The van der Waals surface area contributed by atoms with E-state index in [1.54, 1.807) is 15.9 Å². The lowest BCUT2D eigenvalue weighted by molar-refractivity contribution is -0.118. The van der Waals surface area contributed by atoms with Gasteiger partial charge in [-0.15, -0.1) is 4.99 Å². The van der Waals surface area contributed by atoms with Gasteiger partial charge in [0.25, 0.3) is 5.91 Å². The molecule has 0 spiro atoms. The fraction of sp³-hybridized carbons (Fsp3) is 0.190. The Hall–Kier alpha value is -3.32. The topological polar surface area (TPSA) is 74.2 Å². The predicted molar refractivity (Wildman–Crippen MR) is 109 cm³/mol. The molecule has 2 aromatic carbocycles. The third-order valence-corrected chi connectivity index (χ3v) is 4.88. The smallest absolute Gasteiger partial charge is 0.348 e. The minimum atomic E-state index is -0.415. The summed E-state index contributed by atoms with van der Waals surface area (Å²) in [6.45, 7) is 1.57. The Morgan fingerprint density at radius 1 is 1.10 bits per heavy atom. The third-order valence-electron chi connectivity index (χ3n) is 4.64. The number of amidine groups is 1. The molecule has 4 rings (SSSR count). The Labute approximate surface area is 173 Å². The highest BCUT2D eigenvalue weighted by Crippen LogP contribution is 2.20. The van der Waals surface area contributed by atoms with Crippen molar-refractivity contribution in [1.82, 2.24) is 15.1 Å². The highest BCUT2D eigenvalue weighted by atomic mass is 35.5. The molecule has 2 heterocycles. The van der Waals surface area contributed by atoms with E-state index in [2.05, 4.69) is 10.3 Å². The summed E-state index contributed by atoms with van der Waals surface area (Å²) in [6, 6.07) is 16.7. The molecular formula is C21H19ClN4O3. The van der Waals surface area contributed by atoms with Crippen molar-refractivity contribution >= 4 is 29.6 Å². The van der Waals surface area contributed by atoms with Gasteiger partial charge in [-0.3, -0.25) is 9.69 Å². The number of nitrogens with one attached hydrogen (secondary N) is 1. The van der Waals surface area contributed by atoms with Crippen molar-refractivity contribution < 1.29 is 14.3 Å². The van der Waals surface area contributed by atoms with Crippen LogP contribution in [0.25, 0.3) is 0 Å². The number of hydrogen-bond acceptors (Lipinski definition) is 4. The van der Waals surface area contributed by atoms with Crippen LogP contribution in [-0.2, 0) is 22.6 Å². The van der Waals surface area contributed by atoms with E-state index in [0.29, 0.717) is 36.9 Å². The zero-order valence-corrected chi connectivity index (χ0v) is 16.3. The van der Waals surface area contributed by atoms with Gasteiger partial charge in [0, 0.05) is 31.2 Å². The fourth-order valence-corrected chi connectivity index (χ4v) is 3.37. The zero-order valence-electron chi connectivity index (χ0n) is 15.5. The number of hydrogen-bond donors (Lipinski definition) is 1. The van der Waals surface area contributed by atoms with Gasteiger partial charge >= 0.3 is 12.1 Å². The van der Waals surface area contributed by atoms with Gasteiger partial charge in [0.15, 0.2) is 0 Å². The van der Waals surface area contributed by atoms with E-state index in [1.807, 2.05) is 48.5 Å². The highest BCUT2D eigenvalue weighted by molar-refractivity contribution is 6.30. The minimum absolute atomic E-state index is 0.119. The molecule has 0 aromatic heterocycles. The molecule has 2 aliphatic rings. The molecule has 0 atom stereocenters. The first-order chi connectivity index (χ1) is 14.1. The van der Waals surface area contributed by atoms with Crippen molar-refractivity contribution in [3.63, 3.8) is 0 Å². The minimum Gasteiger partial charge on any atom is -0.431 e. The average molecular weight is 411 g/mol. The number of urea groups is 1. The van der Waals surface area contributed by atoms with Gasteiger partial charge in [-0.25, -0.2) is 4.79 Å². The third kappa shape index (κ3) is 4.41. The molecule has 3 amide bonds. The van der Waals surface area contributed by atoms with Crippen LogP contribution in [0, 0.1) is 0 Å². The second-order valence-corrected chi connectivity index (χ2v) is 7.11. The van der Waals surface area contributed by atoms with Gasteiger partial charge in [0.1, 0.15) is 12.0 Å². The van der Waals surface area contributed by atoms with E-state index in [-0.39, 0.29) is 11.9 Å². The monoisotopic (exact) mass is 410 g/mol. The number of carbonyl (C=O) groups excluding carboxylic acids is 2. The molecule has 29 heavy (non-hydrogen) atoms. The summed E-state index contributed by atoms with van der Waals surface area (Å²) >= 11 is 6.03. The molecule has 0 saturated heterocycles. The first kappa shape index (κ1) is 19.0. The van der Waals surface area contributed by atoms with Crippen LogP contribution >= 0.6 is 11.6 Å². The van der Waals surface area contributed by atoms with E-state index in [1.165, 1.54) is 6.26 Å². The number of ether oxygens (including phenoxy) is 1. The molecule has 0 fully saturated rings. The summed E-state index contributed by atoms with van der Waals surface area (Å²) in [4.78, 5) is 32.4. The van der Waals surface area contributed by atoms with Crippen LogP contribution in [-0.4, -0.2) is 40.8 Å². The number of aliphatic imine (C=N–C) groups is 1. The average Bonchev–Trinajstić information content (AvgIpc) is 3.05. The molecule has 1 N–H and O–H groups in total. The van der Waals surface area contributed by atoms with Crippen LogP contribution in [0.3, 0.4) is 0 Å². The quantitative estimate of drug-likeness (QED) is 0.821. The summed E-state index contributed by atoms with van der Waals surface area (Å²) in [7, 11) is 0. The summed E-state index contributed by atoms with van der Waals surface area (Å²) < 4.78 is 5.40. The van der Waals surface area contributed by atoms with Gasteiger partial charge in [-0.1, -0.05) is 54.1 Å². The second-order valence-electron chi connectivity index (χ2n) is 6.67. The molecular weight excluding hydrogens is 392 g/mol. The number of nitrogens with zero attached hydrogens (tertiary/aromatic N) is 3. The molecule has 8 heteroatoms. The van der Waals surface area contributed by atoms with Crippen molar-refractivity contribution in [2.75, 3.05) is 13.1 Å². The fourth-order valence-electron chi connectivity index (χ4n) is 3.16.